The number of ether oxygens (including phenoxy) is 1. The molecule has 0 aliphatic heterocycles. The minimum Gasteiger partial charge on any atom is -0.493 e. The van der Waals surface area contributed by atoms with E-state index in [0.29, 0.717) is 5.75 Å². The Balaban J connectivity index is 1.75. The van der Waals surface area contributed by atoms with Crippen molar-refractivity contribution in [2.24, 2.45) is 0 Å². The number of nitrogens with one attached hydrogen (secondary N) is 1. The first-order valence-corrected chi connectivity index (χ1v) is 7.28. The van der Waals surface area contributed by atoms with Gasteiger partial charge in [-0.15, -0.1) is 0 Å². The summed E-state index contributed by atoms with van der Waals surface area (Å²) in [6, 6.07) is 15.4. The molecule has 2 aromatic carbocycles. The Morgan fingerprint density at radius 3 is 2.43 bits per heavy atom. The summed E-state index contributed by atoms with van der Waals surface area (Å²) in [6.45, 7) is 2.13. The fraction of sp³-hybridized carbons (Fsp3) is 0.235. The van der Waals surface area contributed by atoms with Crippen LogP contribution in [0.4, 0.5) is 5.69 Å². The summed E-state index contributed by atoms with van der Waals surface area (Å²) in [7, 11) is 0. The summed E-state index contributed by atoms with van der Waals surface area (Å²) in [5, 5.41) is 13.4. The van der Waals surface area contributed by atoms with Crippen LogP contribution in [0.1, 0.15) is 24.9 Å². The van der Waals surface area contributed by atoms with E-state index in [1.165, 1.54) is 24.3 Å². The first kappa shape index (κ1) is 16.5. The molecule has 120 valence electrons. The van der Waals surface area contributed by atoms with E-state index in [0.717, 1.165) is 5.56 Å². The van der Waals surface area contributed by atoms with Gasteiger partial charge in [0, 0.05) is 12.1 Å². The smallest absolute Gasteiger partial charge is 0.269 e. The van der Waals surface area contributed by atoms with Gasteiger partial charge in [0.1, 0.15) is 5.75 Å². The van der Waals surface area contributed by atoms with Crippen LogP contribution in [0.5, 0.6) is 5.75 Å². The molecule has 0 aromatic heterocycles. The highest BCUT2D eigenvalue weighted by Crippen LogP contribution is 2.17. The quantitative estimate of drug-likeness (QED) is 0.628. The van der Waals surface area contributed by atoms with Crippen molar-refractivity contribution in [3.05, 3.63) is 70.3 Å². The van der Waals surface area contributed by atoms with Crippen molar-refractivity contribution in [2.45, 2.75) is 19.4 Å². The molecule has 0 radical (unpaired) electrons. The van der Waals surface area contributed by atoms with Crippen molar-refractivity contribution in [1.29, 1.82) is 0 Å². The van der Waals surface area contributed by atoms with Crippen LogP contribution in [0, 0.1) is 10.1 Å². The second kappa shape index (κ2) is 7.93. The minimum absolute atomic E-state index is 0.00628. The first-order chi connectivity index (χ1) is 11.1. The summed E-state index contributed by atoms with van der Waals surface area (Å²) in [4.78, 5) is 22.0. The first-order valence-electron chi connectivity index (χ1n) is 7.28. The third-order valence-corrected chi connectivity index (χ3v) is 3.32. The average molecular weight is 314 g/mol. The Labute approximate surface area is 134 Å². The van der Waals surface area contributed by atoms with E-state index < -0.39 is 4.92 Å². The zero-order valence-corrected chi connectivity index (χ0v) is 12.8. The fourth-order valence-corrected chi connectivity index (χ4v) is 2.06. The molecule has 1 unspecified atom stereocenters. The van der Waals surface area contributed by atoms with Crippen LogP contribution in [0.15, 0.2) is 54.6 Å². The Bertz CT molecular complexity index is 656. The lowest BCUT2D eigenvalue weighted by Crippen LogP contribution is -2.27. The minimum atomic E-state index is -0.470. The molecule has 1 amide bonds. The Morgan fingerprint density at radius 2 is 1.83 bits per heavy atom. The van der Waals surface area contributed by atoms with E-state index in [4.69, 9.17) is 4.74 Å². The van der Waals surface area contributed by atoms with Crippen LogP contribution in [-0.2, 0) is 4.79 Å². The van der Waals surface area contributed by atoms with E-state index in [9.17, 15) is 14.9 Å². The van der Waals surface area contributed by atoms with Crippen LogP contribution in [0.25, 0.3) is 0 Å². The molecule has 1 N–H and O–H groups in total. The van der Waals surface area contributed by atoms with Gasteiger partial charge in [-0.25, -0.2) is 0 Å². The molecule has 0 aliphatic rings. The van der Waals surface area contributed by atoms with Gasteiger partial charge in [0.25, 0.3) is 5.69 Å². The monoisotopic (exact) mass is 314 g/mol. The molecule has 0 fully saturated rings. The number of rotatable bonds is 7. The van der Waals surface area contributed by atoms with Crippen LogP contribution < -0.4 is 10.1 Å². The molecule has 0 saturated carbocycles. The van der Waals surface area contributed by atoms with E-state index in [1.807, 2.05) is 37.3 Å². The van der Waals surface area contributed by atoms with Crippen molar-refractivity contribution in [1.82, 2.24) is 5.32 Å². The molecule has 0 spiro atoms. The molecule has 0 heterocycles. The van der Waals surface area contributed by atoms with Gasteiger partial charge >= 0.3 is 0 Å². The molecule has 2 aromatic rings. The van der Waals surface area contributed by atoms with E-state index in [-0.39, 0.29) is 30.7 Å². The number of nitrogens with zero attached hydrogens (tertiary/aromatic N) is 1. The molecule has 2 rings (SSSR count). The number of amides is 1. The lowest BCUT2D eigenvalue weighted by atomic mass is 10.1. The van der Waals surface area contributed by atoms with Crippen molar-refractivity contribution in [2.75, 3.05) is 6.61 Å². The third-order valence-electron chi connectivity index (χ3n) is 3.32. The normalized spacial score (nSPS) is 11.5. The van der Waals surface area contributed by atoms with Crippen molar-refractivity contribution in [3.8, 4) is 5.75 Å². The zero-order chi connectivity index (χ0) is 16.7. The van der Waals surface area contributed by atoms with Gasteiger partial charge in [-0.1, -0.05) is 30.3 Å². The van der Waals surface area contributed by atoms with Gasteiger partial charge in [-0.2, -0.15) is 0 Å². The number of hydrogen-bond donors (Lipinski definition) is 1. The van der Waals surface area contributed by atoms with Gasteiger partial charge in [0.2, 0.25) is 5.91 Å². The number of non-ortho nitro benzene ring substituents is 1. The van der Waals surface area contributed by atoms with E-state index in [2.05, 4.69) is 5.32 Å². The molecule has 6 heteroatoms. The summed E-state index contributed by atoms with van der Waals surface area (Å²) >= 11 is 0. The van der Waals surface area contributed by atoms with Crippen molar-refractivity contribution < 1.29 is 14.5 Å². The van der Waals surface area contributed by atoms with E-state index >= 15 is 0 Å². The lowest BCUT2D eigenvalue weighted by molar-refractivity contribution is -0.384. The Morgan fingerprint density at radius 1 is 1.17 bits per heavy atom. The highest BCUT2D eigenvalue weighted by molar-refractivity contribution is 5.76. The predicted octanol–water partition coefficient (Wildman–Crippen LogP) is 3.24. The maximum atomic E-state index is 11.9. The number of carbonyl (C=O) groups is 1. The highest BCUT2D eigenvalue weighted by atomic mass is 16.6. The number of nitro groups is 1. The van der Waals surface area contributed by atoms with Crippen LogP contribution in [0.3, 0.4) is 0 Å². The number of carbonyl (C=O) groups excluding carboxylic acids is 1. The molecule has 0 bridgehead atoms. The topological polar surface area (TPSA) is 81.5 Å². The fourth-order valence-electron chi connectivity index (χ4n) is 2.06. The SMILES string of the molecule is CC(NC(=O)CCOc1ccc([N+](=O)[O-])cc1)c1ccccc1. The van der Waals surface area contributed by atoms with Gasteiger partial charge in [0.05, 0.1) is 24.0 Å². The van der Waals surface area contributed by atoms with Gasteiger partial charge in [0.15, 0.2) is 0 Å². The van der Waals surface area contributed by atoms with Gasteiger partial charge in [-0.3, -0.25) is 14.9 Å². The molecule has 23 heavy (non-hydrogen) atoms. The largest absolute Gasteiger partial charge is 0.493 e. The summed E-state index contributed by atoms with van der Waals surface area (Å²) < 4.78 is 5.42. The van der Waals surface area contributed by atoms with Crippen LogP contribution >= 0.6 is 0 Å². The Kier molecular flexibility index (Phi) is 5.68. The maximum Gasteiger partial charge on any atom is 0.269 e. The second-order valence-electron chi connectivity index (χ2n) is 5.05. The number of benzene rings is 2. The van der Waals surface area contributed by atoms with Gasteiger partial charge < -0.3 is 10.1 Å². The standard InChI is InChI=1S/C17H18N2O4/c1-13(14-5-3-2-4-6-14)18-17(20)11-12-23-16-9-7-15(8-10-16)19(21)22/h2-10,13H,11-12H2,1H3,(H,18,20). The summed E-state index contributed by atoms with van der Waals surface area (Å²) in [6.07, 6.45) is 0.216. The lowest BCUT2D eigenvalue weighted by Gasteiger charge is -2.14. The number of nitro benzene ring substituents is 1. The Hall–Kier alpha value is -2.89. The van der Waals surface area contributed by atoms with E-state index in [1.54, 1.807) is 0 Å². The van der Waals surface area contributed by atoms with Crippen molar-refractivity contribution >= 4 is 11.6 Å². The molecule has 0 saturated heterocycles. The molecule has 1 atom stereocenters. The highest BCUT2D eigenvalue weighted by Gasteiger charge is 2.09. The van der Waals surface area contributed by atoms with Gasteiger partial charge in [-0.05, 0) is 24.6 Å². The average Bonchev–Trinajstić information content (AvgIpc) is 2.56. The van der Waals surface area contributed by atoms with Crippen molar-refractivity contribution in [3.63, 3.8) is 0 Å². The predicted molar refractivity (Wildman–Crippen MR) is 86.2 cm³/mol. The number of hydrogen-bond acceptors (Lipinski definition) is 4. The molecular weight excluding hydrogens is 296 g/mol. The summed E-state index contributed by atoms with van der Waals surface area (Å²) in [5.41, 5.74) is 1.05. The third kappa shape index (κ3) is 5.10. The second-order valence-corrected chi connectivity index (χ2v) is 5.05. The van der Waals surface area contributed by atoms with Crippen LogP contribution in [0.2, 0.25) is 0 Å². The zero-order valence-electron chi connectivity index (χ0n) is 12.8. The van der Waals surface area contributed by atoms with Crippen LogP contribution in [-0.4, -0.2) is 17.4 Å². The molecular formula is C17H18N2O4. The molecule has 6 nitrogen and oxygen atoms in total. The maximum absolute atomic E-state index is 11.9. The molecule has 0 aliphatic carbocycles. The summed E-state index contributed by atoms with van der Waals surface area (Å²) in [5.74, 6) is 0.391.